The van der Waals surface area contributed by atoms with E-state index in [1.165, 1.54) is 19.1 Å². The van der Waals surface area contributed by atoms with Gasteiger partial charge in [-0.15, -0.1) is 0 Å². The van der Waals surface area contributed by atoms with Crippen molar-refractivity contribution in [1.29, 1.82) is 0 Å². The van der Waals surface area contributed by atoms with Crippen LogP contribution in [0, 0.1) is 5.82 Å². The molecule has 1 unspecified atom stereocenters. The third kappa shape index (κ3) is 4.43. The first kappa shape index (κ1) is 16.3. The number of ether oxygens (including phenoxy) is 1. The monoisotopic (exact) mass is 289 g/mol. The van der Waals surface area contributed by atoms with E-state index >= 15 is 0 Å². The summed E-state index contributed by atoms with van der Waals surface area (Å²) in [7, 11) is 0. The molecule has 0 saturated heterocycles. The smallest absolute Gasteiger partial charge is 0.408 e. The number of alkyl carbamates (subject to hydrolysis) is 1. The molecule has 1 rings (SSSR count). The minimum absolute atomic E-state index is 0.00587. The molecule has 0 aliphatic heterocycles. The summed E-state index contributed by atoms with van der Waals surface area (Å²) < 4.78 is 44.1. The number of benzene rings is 1. The van der Waals surface area contributed by atoms with Crippen LogP contribution in [0.4, 0.5) is 18.0 Å². The van der Waals surface area contributed by atoms with Gasteiger partial charge in [-0.2, -0.15) is 0 Å². The number of hydrogen-bond donors (Lipinski definition) is 1. The molecule has 6 heteroatoms. The number of hydrogen-bond acceptors (Lipinski definition) is 2. The fourth-order valence-corrected chi connectivity index (χ4v) is 1.63. The second-order valence-electron chi connectivity index (χ2n) is 5.42. The highest BCUT2D eigenvalue weighted by atomic mass is 19.3. The second-order valence-corrected chi connectivity index (χ2v) is 5.42. The third-order valence-corrected chi connectivity index (χ3v) is 2.49. The Morgan fingerprint density at radius 2 is 1.80 bits per heavy atom. The van der Waals surface area contributed by atoms with Gasteiger partial charge >= 0.3 is 6.09 Å². The molecular weight excluding hydrogens is 271 g/mol. The van der Waals surface area contributed by atoms with Crippen LogP contribution in [0.15, 0.2) is 18.2 Å². The molecule has 0 heterocycles. The highest BCUT2D eigenvalue weighted by Gasteiger charge is 2.22. The summed E-state index contributed by atoms with van der Waals surface area (Å²) in [4.78, 5) is 11.6. The largest absolute Gasteiger partial charge is 0.444 e. The van der Waals surface area contributed by atoms with E-state index < -0.39 is 35.5 Å². The number of carbonyl (C=O) groups excluding carboxylic acids is 1. The van der Waals surface area contributed by atoms with E-state index in [2.05, 4.69) is 5.32 Å². The standard InChI is InChI=1S/C14H18F3NO2/c1-8(18-13(19)20-14(2,3)4)9-6-5-7-10(11(9)15)12(16)17/h5-8,12H,1-4H3,(H,18,19). The van der Waals surface area contributed by atoms with Crippen molar-refractivity contribution in [3.63, 3.8) is 0 Å². The predicted molar refractivity (Wildman–Crippen MR) is 69.1 cm³/mol. The van der Waals surface area contributed by atoms with Crippen LogP contribution in [-0.4, -0.2) is 11.7 Å². The molecule has 0 fully saturated rings. The van der Waals surface area contributed by atoms with Crippen molar-refractivity contribution in [2.75, 3.05) is 0 Å². The lowest BCUT2D eigenvalue weighted by Gasteiger charge is -2.22. The zero-order chi connectivity index (χ0) is 15.5. The molecule has 1 amide bonds. The molecule has 0 aliphatic rings. The van der Waals surface area contributed by atoms with Gasteiger partial charge in [-0.1, -0.05) is 18.2 Å². The van der Waals surface area contributed by atoms with Gasteiger partial charge in [-0.25, -0.2) is 18.0 Å². The fraction of sp³-hybridized carbons (Fsp3) is 0.500. The summed E-state index contributed by atoms with van der Waals surface area (Å²) in [5.74, 6) is -1.01. The Morgan fingerprint density at radius 3 is 2.30 bits per heavy atom. The van der Waals surface area contributed by atoms with Gasteiger partial charge in [0.1, 0.15) is 11.4 Å². The van der Waals surface area contributed by atoms with Crippen LogP contribution >= 0.6 is 0 Å². The first-order valence-electron chi connectivity index (χ1n) is 6.18. The summed E-state index contributed by atoms with van der Waals surface area (Å²) in [6.07, 6.45) is -3.63. The number of nitrogens with one attached hydrogen (secondary N) is 1. The highest BCUT2D eigenvalue weighted by Crippen LogP contribution is 2.27. The van der Waals surface area contributed by atoms with Crippen molar-refractivity contribution in [1.82, 2.24) is 5.32 Å². The Labute approximate surface area is 116 Å². The van der Waals surface area contributed by atoms with Gasteiger partial charge in [0.05, 0.1) is 11.6 Å². The van der Waals surface area contributed by atoms with Gasteiger partial charge < -0.3 is 10.1 Å². The third-order valence-electron chi connectivity index (χ3n) is 2.49. The van der Waals surface area contributed by atoms with E-state index in [4.69, 9.17) is 4.74 Å². The lowest BCUT2D eigenvalue weighted by atomic mass is 10.0. The van der Waals surface area contributed by atoms with Crippen molar-refractivity contribution in [2.24, 2.45) is 0 Å². The maximum absolute atomic E-state index is 13.9. The number of alkyl halides is 2. The van der Waals surface area contributed by atoms with Gasteiger partial charge in [0.2, 0.25) is 0 Å². The fourth-order valence-electron chi connectivity index (χ4n) is 1.63. The Kier molecular flexibility index (Phi) is 5.03. The first-order chi connectivity index (χ1) is 9.11. The molecule has 20 heavy (non-hydrogen) atoms. The van der Waals surface area contributed by atoms with Crippen molar-refractivity contribution >= 4 is 6.09 Å². The molecule has 112 valence electrons. The van der Waals surface area contributed by atoms with Crippen molar-refractivity contribution < 1.29 is 22.7 Å². The summed E-state index contributed by atoms with van der Waals surface area (Å²) in [6, 6.07) is 2.92. The quantitative estimate of drug-likeness (QED) is 0.898. The van der Waals surface area contributed by atoms with Crippen molar-refractivity contribution in [3.05, 3.63) is 35.1 Å². The predicted octanol–water partition coefficient (Wildman–Crippen LogP) is 4.35. The van der Waals surface area contributed by atoms with E-state index in [9.17, 15) is 18.0 Å². The molecule has 1 aromatic carbocycles. The molecule has 0 aliphatic carbocycles. The SMILES string of the molecule is CC(NC(=O)OC(C)(C)C)c1cccc(C(F)F)c1F. The summed E-state index contributed by atoms with van der Waals surface area (Å²) >= 11 is 0. The Morgan fingerprint density at radius 1 is 1.25 bits per heavy atom. The molecule has 1 aromatic rings. The normalized spacial score (nSPS) is 13.2. The van der Waals surface area contributed by atoms with Crippen LogP contribution in [0.25, 0.3) is 0 Å². The summed E-state index contributed by atoms with van der Waals surface area (Å²) in [5, 5.41) is 2.41. The summed E-state index contributed by atoms with van der Waals surface area (Å²) in [5.41, 5.74) is -1.37. The lowest BCUT2D eigenvalue weighted by molar-refractivity contribution is 0.0507. The van der Waals surface area contributed by atoms with Gasteiger partial charge in [-0.3, -0.25) is 0 Å². The van der Waals surface area contributed by atoms with Crippen molar-refractivity contribution in [2.45, 2.75) is 45.8 Å². The Balaban J connectivity index is 2.85. The van der Waals surface area contributed by atoms with E-state index in [0.29, 0.717) is 0 Å². The van der Waals surface area contributed by atoms with Crippen molar-refractivity contribution in [3.8, 4) is 0 Å². The molecule has 0 saturated carbocycles. The molecule has 1 N–H and O–H groups in total. The topological polar surface area (TPSA) is 38.3 Å². The minimum Gasteiger partial charge on any atom is -0.444 e. The second kappa shape index (κ2) is 6.15. The van der Waals surface area contributed by atoms with Crippen LogP contribution in [-0.2, 0) is 4.74 Å². The maximum Gasteiger partial charge on any atom is 0.408 e. The van der Waals surface area contributed by atoms with Crippen LogP contribution < -0.4 is 5.32 Å². The van der Waals surface area contributed by atoms with Gasteiger partial charge in [0.15, 0.2) is 0 Å². The van der Waals surface area contributed by atoms with E-state index in [1.54, 1.807) is 20.8 Å². The molecule has 1 atom stereocenters. The van der Waals surface area contributed by atoms with E-state index in [0.717, 1.165) is 6.07 Å². The zero-order valence-corrected chi connectivity index (χ0v) is 11.8. The van der Waals surface area contributed by atoms with E-state index in [-0.39, 0.29) is 5.56 Å². The molecule has 0 aromatic heterocycles. The zero-order valence-electron chi connectivity index (χ0n) is 11.8. The number of amides is 1. The number of halogens is 3. The van der Waals surface area contributed by atoms with E-state index in [1.807, 2.05) is 0 Å². The van der Waals surface area contributed by atoms with Gasteiger partial charge in [0, 0.05) is 5.56 Å². The van der Waals surface area contributed by atoms with Crippen LogP contribution in [0.3, 0.4) is 0 Å². The molecule has 0 bridgehead atoms. The number of carbonyl (C=O) groups is 1. The molecular formula is C14H18F3NO2. The molecule has 0 radical (unpaired) electrons. The van der Waals surface area contributed by atoms with Gasteiger partial charge in [-0.05, 0) is 27.7 Å². The van der Waals surface area contributed by atoms with Crippen LogP contribution in [0.5, 0.6) is 0 Å². The Bertz CT molecular complexity index is 484. The maximum atomic E-state index is 13.9. The molecule has 0 spiro atoms. The first-order valence-corrected chi connectivity index (χ1v) is 6.18. The molecule has 3 nitrogen and oxygen atoms in total. The van der Waals surface area contributed by atoms with Crippen LogP contribution in [0.1, 0.15) is 51.3 Å². The number of rotatable bonds is 3. The summed E-state index contributed by atoms with van der Waals surface area (Å²) in [6.45, 7) is 6.57. The average molecular weight is 289 g/mol. The highest BCUT2D eigenvalue weighted by molar-refractivity contribution is 5.68. The van der Waals surface area contributed by atoms with Gasteiger partial charge in [0.25, 0.3) is 6.43 Å². The van der Waals surface area contributed by atoms with Crippen LogP contribution in [0.2, 0.25) is 0 Å². The lowest BCUT2D eigenvalue weighted by Crippen LogP contribution is -2.34. The minimum atomic E-state index is -2.90. The average Bonchev–Trinajstić information content (AvgIpc) is 2.25. The Hall–Kier alpha value is -1.72.